The van der Waals surface area contributed by atoms with Gasteiger partial charge in [0.05, 0.1) is 18.6 Å². The van der Waals surface area contributed by atoms with Crippen LogP contribution in [0, 0.1) is 10.1 Å². The fraction of sp³-hybridized carbons (Fsp3) is 0.400. The molecule has 0 fully saturated rings. The van der Waals surface area contributed by atoms with Gasteiger partial charge < -0.3 is 9.57 Å². The van der Waals surface area contributed by atoms with Crippen LogP contribution in [0.25, 0.3) is 0 Å². The molecular weight excluding hydrogens is 212 g/mol. The smallest absolute Gasteiger partial charge is 0.311 e. The molecule has 0 aliphatic heterocycles. The Morgan fingerprint density at radius 2 is 2.25 bits per heavy atom. The summed E-state index contributed by atoms with van der Waals surface area (Å²) in [5.41, 5.74) is 3.41. The minimum Gasteiger partial charge on any atom is -0.490 e. The molecule has 1 aromatic carbocycles. The molecule has 1 N–H and O–H groups in total. The summed E-state index contributed by atoms with van der Waals surface area (Å²) in [5.74, 6) is 0.255. The number of nitrogens with zero attached hydrogens (tertiary/aromatic N) is 1. The maximum Gasteiger partial charge on any atom is 0.311 e. The summed E-state index contributed by atoms with van der Waals surface area (Å²) >= 11 is 0. The molecule has 0 bridgehead atoms. The van der Waals surface area contributed by atoms with E-state index in [4.69, 9.17) is 9.57 Å². The van der Waals surface area contributed by atoms with Gasteiger partial charge in [0, 0.05) is 12.6 Å². The molecule has 1 aromatic rings. The first-order valence-electron chi connectivity index (χ1n) is 4.85. The van der Waals surface area contributed by atoms with Gasteiger partial charge >= 0.3 is 5.69 Å². The Morgan fingerprint density at radius 1 is 1.50 bits per heavy atom. The third kappa shape index (κ3) is 3.18. The summed E-state index contributed by atoms with van der Waals surface area (Å²) in [7, 11) is 1.40. The summed E-state index contributed by atoms with van der Waals surface area (Å²) < 4.78 is 4.89. The van der Waals surface area contributed by atoms with Gasteiger partial charge in [-0.3, -0.25) is 10.1 Å². The molecule has 0 aromatic heterocycles. The zero-order valence-corrected chi connectivity index (χ0v) is 9.23. The Bertz CT molecular complexity index is 368. The van der Waals surface area contributed by atoms with Gasteiger partial charge in [-0.2, -0.15) is 5.48 Å². The van der Waals surface area contributed by atoms with E-state index < -0.39 is 4.92 Å². The predicted octanol–water partition coefficient (Wildman–Crippen LogP) is 1.64. The first-order chi connectivity index (χ1) is 7.69. The van der Waals surface area contributed by atoms with Crippen molar-refractivity contribution in [3.8, 4) is 5.75 Å². The first kappa shape index (κ1) is 12.4. The molecule has 0 saturated carbocycles. The van der Waals surface area contributed by atoms with E-state index in [0.717, 1.165) is 5.56 Å². The third-order valence-corrected chi connectivity index (χ3v) is 1.96. The van der Waals surface area contributed by atoms with Gasteiger partial charge in [0.2, 0.25) is 0 Å². The lowest BCUT2D eigenvalue weighted by Gasteiger charge is -2.06. The normalized spacial score (nSPS) is 10.1. The molecule has 0 spiro atoms. The molecule has 6 heteroatoms. The molecule has 0 atom stereocenters. The number of nitro benzene ring substituents is 1. The van der Waals surface area contributed by atoms with E-state index in [1.54, 1.807) is 12.1 Å². The van der Waals surface area contributed by atoms with Crippen LogP contribution in [0.1, 0.15) is 12.5 Å². The van der Waals surface area contributed by atoms with E-state index in [1.807, 2.05) is 6.92 Å². The highest BCUT2D eigenvalue weighted by Crippen LogP contribution is 2.27. The van der Waals surface area contributed by atoms with E-state index in [0.29, 0.717) is 13.2 Å². The van der Waals surface area contributed by atoms with E-state index in [2.05, 4.69) is 5.48 Å². The van der Waals surface area contributed by atoms with Gasteiger partial charge in [-0.15, -0.1) is 0 Å². The fourth-order valence-corrected chi connectivity index (χ4v) is 1.22. The highest BCUT2D eigenvalue weighted by Gasteiger charge is 2.14. The summed E-state index contributed by atoms with van der Waals surface area (Å²) in [6, 6.07) is 4.78. The molecule has 0 aliphatic carbocycles. The number of hydroxylamine groups is 1. The molecule has 0 aliphatic rings. The molecule has 0 amide bonds. The molecule has 6 nitrogen and oxygen atoms in total. The van der Waals surface area contributed by atoms with E-state index >= 15 is 0 Å². The number of ether oxygens (including phenoxy) is 1. The van der Waals surface area contributed by atoms with Gasteiger partial charge in [-0.05, 0) is 18.6 Å². The lowest BCUT2D eigenvalue weighted by molar-refractivity contribution is -0.385. The van der Waals surface area contributed by atoms with Crippen molar-refractivity contribution in [3.05, 3.63) is 33.9 Å². The lowest BCUT2D eigenvalue weighted by atomic mass is 10.2. The Balaban J connectivity index is 2.81. The third-order valence-electron chi connectivity index (χ3n) is 1.96. The molecule has 0 radical (unpaired) electrons. The van der Waals surface area contributed by atoms with Crippen LogP contribution < -0.4 is 10.2 Å². The summed E-state index contributed by atoms with van der Waals surface area (Å²) in [6.07, 6.45) is 0. The van der Waals surface area contributed by atoms with Crippen LogP contribution in [0.2, 0.25) is 0 Å². The van der Waals surface area contributed by atoms with Gasteiger partial charge in [-0.25, -0.2) is 0 Å². The number of methoxy groups -OCH3 is 1. The molecular formula is C10H14N2O4. The Kier molecular flexibility index (Phi) is 4.68. The number of nitrogens with one attached hydrogen (secondary N) is 1. The largest absolute Gasteiger partial charge is 0.490 e. The molecule has 0 saturated heterocycles. The Labute approximate surface area is 93.3 Å². The van der Waals surface area contributed by atoms with Crippen molar-refractivity contribution < 1.29 is 14.5 Å². The van der Waals surface area contributed by atoms with Gasteiger partial charge in [0.25, 0.3) is 0 Å². The monoisotopic (exact) mass is 226 g/mol. The molecule has 1 rings (SSSR count). The number of benzene rings is 1. The van der Waals surface area contributed by atoms with Crippen molar-refractivity contribution in [2.75, 3.05) is 13.7 Å². The average molecular weight is 226 g/mol. The summed E-state index contributed by atoms with van der Waals surface area (Å²) in [4.78, 5) is 15.2. The maximum atomic E-state index is 10.7. The summed E-state index contributed by atoms with van der Waals surface area (Å²) in [6.45, 7) is 2.81. The van der Waals surface area contributed by atoms with E-state index in [-0.39, 0.29) is 11.4 Å². The molecule has 0 unspecified atom stereocenters. The standard InChI is InChI=1S/C10H14N2O4/c1-3-16-11-7-8-4-5-10(15-2)9(6-8)12(13)14/h4-6,11H,3,7H2,1-2H3. The van der Waals surface area contributed by atoms with Gasteiger partial charge in [0.15, 0.2) is 5.75 Å². The minimum absolute atomic E-state index is 0.0432. The summed E-state index contributed by atoms with van der Waals surface area (Å²) in [5, 5.41) is 10.7. The SMILES string of the molecule is CCONCc1ccc(OC)c([N+](=O)[O-])c1. The predicted molar refractivity (Wildman–Crippen MR) is 58.1 cm³/mol. The molecule has 16 heavy (non-hydrogen) atoms. The number of hydrogen-bond donors (Lipinski definition) is 1. The second-order valence-corrected chi connectivity index (χ2v) is 3.02. The minimum atomic E-state index is -0.469. The zero-order chi connectivity index (χ0) is 12.0. The van der Waals surface area contributed by atoms with Crippen LogP contribution in [0.5, 0.6) is 5.75 Å². The second kappa shape index (κ2) is 6.04. The van der Waals surface area contributed by atoms with Crippen LogP contribution in [0.4, 0.5) is 5.69 Å². The number of hydrogen-bond acceptors (Lipinski definition) is 5. The van der Waals surface area contributed by atoms with Crippen molar-refractivity contribution in [1.29, 1.82) is 0 Å². The zero-order valence-electron chi connectivity index (χ0n) is 9.23. The van der Waals surface area contributed by atoms with E-state index in [1.165, 1.54) is 13.2 Å². The first-order valence-corrected chi connectivity index (χ1v) is 4.85. The average Bonchev–Trinajstić information content (AvgIpc) is 2.29. The Hall–Kier alpha value is -1.66. The van der Waals surface area contributed by atoms with Crippen LogP contribution in [0.15, 0.2) is 18.2 Å². The van der Waals surface area contributed by atoms with Crippen LogP contribution >= 0.6 is 0 Å². The lowest BCUT2D eigenvalue weighted by Crippen LogP contribution is -2.13. The quantitative estimate of drug-likeness (QED) is 0.453. The van der Waals surface area contributed by atoms with Crippen molar-refractivity contribution in [3.63, 3.8) is 0 Å². The number of nitro groups is 1. The maximum absolute atomic E-state index is 10.7. The topological polar surface area (TPSA) is 73.6 Å². The molecule has 88 valence electrons. The van der Waals surface area contributed by atoms with E-state index in [9.17, 15) is 10.1 Å². The van der Waals surface area contributed by atoms with Crippen LogP contribution in [0.3, 0.4) is 0 Å². The highest BCUT2D eigenvalue weighted by atomic mass is 16.6. The van der Waals surface area contributed by atoms with Crippen molar-refractivity contribution in [1.82, 2.24) is 5.48 Å². The number of rotatable bonds is 6. The van der Waals surface area contributed by atoms with Crippen molar-refractivity contribution in [2.45, 2.75) is 13.5 Å². The van der Waals surface area contributed by atoms with Gasteiger partial charge in [0.1, 0.15) is 0 Å². The van der Waals surface area contributed by atoms with Crippen molar-refractivity contribution >= 4 is 5.69 Å². The Morgan fingerprint density at radius 3 is 2.81 bits per heavy atom. The second-order valence-electron chi connectivity index (χ2n) is 3.02. The molecule has 0 heterocycles. The van der Waals surface area contributed by atoms with Crippen LogP contribution in [-0.2, 0) is 11.4 Å². The van der Waals surface area contributed by atoms with Crippen LogP contribution in [-0.4, -0.2) is 18.6 Å². The highest BCUT2D eigenvalue weighted by molar-refractivity contribution is 5.48. The fourth-order valence-electron chi connectivity index (χ4n) is 1.22. The van der Waals surface area contributed by atoms with Crippen molar-refractivity contribution in [2.24, 2.45) is 0 Å². The van der Waals surface area contributed by atoms with Gasteiger partial charge in [-0.1, -0.05) is 6.07 Å².